The first-order chi connectivity index (χ1) is 9.50. The molecule has 0 aliphatic heterocycles. The molecule has 0 fully saturated rings. The minimum Gasteiger partial charge on any atom is -0.347 e. The lowest BCUT2D eigenvalue weighted by Gasteiger charge is -2.06. The Morgan fingerprint density at radius 3 is 2.90 bits per heavy atom. The molecule has 0 unspecified atom stereocenters. The highest BCUT2D eigenvalue weighted by Gasteiger charge is 2.19. The van der Waals surface area contributed by atoms with Gasteiger partial charge in [0.1, 0.15) is 5.02 Å². The molecule has 0 radical (unpaired) electrons. The van der Waals surface area contributed by atoms with Crippen molar-refractivity contribution < 1.29 is 9.72 Å². The molecule has 0 aliphatic rings. The standard InChI is InChI=1S/C12H10ClN3O3S/c1-7-10(20-6-15-7)5-14-12(17)8-3-2-4-9(11(8)13)16(18)19/h2-4,6H,5H2,1H3,(H,14,17). The molecule has 8 heteroatoms. The Balaban J connectivity index is 2.16. The Kier molecular flexibility index (Phi) is 4.31. The van der Waals surface area contributed by atoms with Crippen LogP contribution in [0.5, 0.6) is 0 Å². The summed E-state index contributed by atoms with van der Waals surface area (Å²) in [5.74, 6) is -0.452. The fourth-order valence-electron chi connectivity index (χ4n) is 1.59. The molecule has 0 atom stereocenters. The number of halogens is 1. The van der Waals surface area contributed by atoms with Gasteiger partial charge in [0.2, 0.25) is 0 Å². The molecule has 0 saturated carbocycles. The van der Waals surface area contributed by atoms with Gasteiger partial charge in [-0.15, -0.1) is 11.3 Å². The average molecular weight is 312 g/mol. The van der Waals surface area contributed by atoms with Gasteiger partial charge in [-0.05, 0) is 13.0 Å². The van der Waals surface area contributed by atoms with E-state index in [9.17, 15) is 14.9 Å². The molecular formula is C12H10ClN3O3S. The third-order valence-corrected chi connectivity index (χ3v) is 4.01. The molecule has 1 aromatic heterocycles. The topological polar surface area (TPSA) is 85.1 Å². The number of nitro groups is 1. The second-order valence-corrected chi connectivity index (χ2v) is 5.26. The molecule has 1 heterocycles. The minimum atomic E-state index is -0.619. The lowest BCUT2D eigenvalue weighted by molar-refractivity contribution is -0.384. The maximum atomic E-state index is 12.0. The van der Waals surface area contributed by atoms with E-state index in [-0.39, 0.29) is 16.3 Å². The summed E-state index contributed by atoms with van der Waals surface area (Å²) < 4.78 is 0. The number of aromatic nitrogens is 1. The summed E-state index contributed by atoms with van der Waals surface area (Å²) in [7, 11) is 0. The summed E-state index contributed by atoms with van der Waals surface area (Å²) in [5.41, 5.74) is 2.34. The highest BCUT2D eigenvalue weighted by Crippen LogP contribution is 2.27. The number of carbonyl (C=O) groups is 1. The van der Waals surface area contributed by atoms with Gasteiger partial charge in [-0.1, -0.05) is 17.7 Å². The summed E-state index contributed by atoms with van der Waals surface area (Å²) in [5, 5.41) is 13.3. The van der Waals surface area contributed by atoms with Gasteiger partial charge in [0.15, 0.2) is 0 Å². The van der Waals surface area contributed by atoms with Crippen molar-refractivity contribution in [3.8, 4) is 0 Å². The number of nitrogens with one attached hydrogen (secondary N) is 1. The third kappa shape index (κ3) is 2.94. The van der Waals surface area contributed by atoms with Crippen LogP contribution in [0.2, 0.25) is 5.02 Å². The van der Waals surface area contributed by atoms with Crippen LogP contribution in [0.25, 0.3) is 0 Å². The monoisotopic (exact) mass is 311 g/mol. The lowest BCUT2D eigenvalue weighted by atomic mass is 10.2. The van der Waals surface area contributed by atoms with Crippen molar-refractivity contribution in [1.82, 2.24) is 10.3 Å². The predicted octanol–water partition coefficient (Wildman–Crippen LogP) is 2.94. The number of benzene rings is 1. The number of thiazole rings is 1. The maximum absolute atomic E-state index is 12.0. The van der Waals surface area contributed by atoms with Crippen molar-refractivity contribution in [3.63, 3.8) is 0 Å². The van der Waals surface area contributed by atoms with Crippen molar-refractivity contribution >= 4 is 34.5 Å². The van der Waals surface area contributed by atoms with Gasteiger partial charge in [0.05, 0.1) is 28.2 Å². The van der Waals surface area contributed by atoms with Crippen LogP contribution in [0.4, 0.5) is 5.69 Å². The van der Waals surface area contributed by atoms with Gasteiger partial charge >= 0.3 is 0 Å². The van der Waals surface area contributed by atoms with E-state index in [2.05, 4.69) is 10.3 Å². The summed E-state index contributed by atoms with van der Waals surface area (Å²) in [6.45, 7) is 2.16. The van der Waals surface area contributed by atoms with Crippen LogP contribution in [0.3, 0.4) is 0 Å². The molecule has 1 aromatic carbocycles. The van der Waals surface area contributed by atoms with E-state index < -0.39 is 10.8 Å². The van der Waals surface area contributed by atoms with Gasteiger partial charge in [-0.25, -0.2) is 4.98 Å². The zero-order valence-corrected chi connectivity index (χ0v) is 12.0. The van der Waals surface area contributed by atoms with E-state index in [1.165, 1.54) is 29.5 Å². The van der Waals surface area contributed by atoms with Crippen LogP contribution in [-0.2, 0) is 6.54 Å². The van der Waals surface area contributed by atoms with E-state index in [0.717, 1.165) is 10.6 Å². The first kappa shape index (κ1) is 14.4. The number of aryl methyl sites for hydroxylation is 1. The quantitative estimate of drug-likeness (QED) is 0.695. The molecule has 1 amide bonds. The molecule has 0 bridgehead atoms. The van der Waals surface area contributed by atoms with Crippen LogP contribution < -0.4 is 5.32 Å². The van der Waals surface area contributed by atoms with Crippen molar-refractivity contribution in [2.24, 2.45) is 0 Å². The van der Waals surface area contributed by atoms with E-state index >= 15 is 0 Å². The Bertz CT molecular complexity index is 672. The molecule has 0 aliphatic carbocycles. The van der Waals surface area contributed by atoms with Crippen molar-refractivity contribution in [2.75, 3.05) is 0 Å². The van der Waals surface area contributed by atoms with Gasteiger partial charge in [0, 0.05) is 10.9 Å². The summed E-state index contributed by atoms with van der Waals surface area (Å²) in [6, 6.07) is 4.13. The smallest absolute Gasteiger partial charge is 0.288 e. The number of rotatable bonds is 4. The number of nitrogens with zero attached hydrogens (tertiary/aromatic N) is 2. The van der Waals surface area contributed by atoms with Crippen molar-refractivity contribution in [2.45, 2.75) is 13.5 Å². The van der Waals surface area contributed by atoms with Gasteiger partial charge in [0.25, 0.3) is 11.6 Å². The first-order valence-corrected chi connectivity index (χ1v) is 6.86. The Morgan fingerprint density at radius 2 is 2.30 bits per heavy atom. The van der Waals surface area contributed by atoms with Crippen LogP contribution in [0.1, 0.15) is 20.9 Å². The highest BCUT2D eigenvalue weighted by atomic mass is 35.5. The van der Waals surface area contributed by atoms with E-state index in [1.807, 2.05) is 6.92 Å². The molecule has 0 spiro atoms. The minimum absolute atomic E-state index is 0.0861. The Hall–Kier alpha value is -1.99. The molecule has 0 saturated heterocycles. The predicted molar refractivity (Wildman–Crippen MR) is 76.1 cm³/mol. The molecule has 2 aromatic rings. The Labute approximate surface area is 123 Å². The van der Waals surface area contributed by atoms with Crippen LogP contribution in [0.15, 0.2) is 23.7 Å². The number of nitro benzene ring substituents is 1. The van der Waals surface area contributed by atoms with Crippen molar-refractivity contribution in [1.29, 1.82) is 0 Å². The fraction of sp³-hybridized carbons (Fsp3) is 0.167. The van der Waals surface area contributed by atoms with Crippen LogP contribution in [-0.4, -0.2) is 15.8 Å². The van der Waals surface area contributed by atoms with Gasteiger partial charge in [-0.2, -0.15) is 0 Å². The largest absolute Gasteiger partial charge is 0.347 e. The number of hydrogen-bond acceptors (Lipinski definition) is 5. The van der Waals surface area contributed by atoms with Crippen LogP contribution >= 0.6 is 22.9 Å². The zero-order chi connectivity index (χ0) is 14.7. The normalized spacial score (nSPS) is 10.3. The molecule has 20 heavy (non-hydrogen) atoms. The summed E-state index contributed by atoms with van der Waals surface area (Å²) in [6.07, 6.45) is 0. The summed E-state index contributed by atoms with van der Waals surface area (Å²) >= 11 is 7.31. The average Bonchev–Trinajstić information content (AvgIpc) is 2.81. The zero-order valence-electron chi connectivity index (χ0n) is 10.4. The lowest BCUT2D eigenvalue weighted by Crippen LogP contribution is -2.23. The van der Waals surface area contributed by atoms with Gasteiger partial charge < -0.3 is 5.32 Å². The second-order valence-electron chi connectivity index (χ2n) is 3.94. The van der Waals surface area contributed by atoms with E-state index in [1.54, 1.807) is 5.51 Å². The van der Waals surface area contributed by atoms with E-state index in [4.69, 9.17) is 11.6 Å². The molecule has 104 valence electrons. The number of carbonyl (C=O) groups excluding carboxylic acids is 1. The van der Waals surface area contributed by atoms with Crippen molar-refractivity contribution in [3.05, 3.63) is 55.0 Å². The highest BCUT2D eigenvalue weighted by molar-refractivity contribution is 7.09. The molecule has 2 rings (SSSR count). The second kappa shape index (κ2) is 5.98. The van der Waals surface area contributed by atoms with E-state index in [0.29, 0.717) is 6.54 Å². The fourth-order valence-corrected chi connectivity index (χ4v) is 2.59. The third-order valence-electron chi connectivity index (χ3n) is 2.67. The first-order valence-electron chi connectivity index (χ1n) is 5.60. The number of amides is 1. The molecule has 6 nitrogen and oxygen atoms in total. The van der Waals surface area contributed by atoms with Gasteiger partial charge in [-0.3, -0.25) is 14.9 Å². The molecular weight excluding hydrogens is 302 g/mol. The SMILES string of the molecule is Cc1ncsc1CNC(=O)c1cccc([N+](=O)[O-])c1Cl. The number of hydrogen-bond donors (Lipinski definition) is 1. The molecule has 1 N–H and O–H groups in total. The Morgan fingerprint density at radius 1 is 1.55 bits per heavy atom. The maximum Gasteiger partial charge on any atom is 0.288 e. The van der Waals surface area contributed by atoms with Crippen LogP contribution in [0, 0.1) is 17.0 Å². The summed E-state index contributed by atoms with van der Waals surface area (Å²) in [4.78, 5) is 27.2.